The number of aryl methyl sites for hydroxylation is 1. The third kappa shape index (κ3) is 1.58. The molecule has 0 unspecified atom stereocenters. The monoisotopic (exact) mass is 147 g/mol. The average molecular weight is 147 g/mol. The van der Waals surface area contributed by atoms with Crippen LogP contribution in [0.1, 0.15) is 16.1 Å². The van der Waals surface area contributed by atoms with E-state index in [-0.39, 0.29) is 5.56 Å². The first-order valence-electron chi connectivity index (χ1n) is 3.06. The molecule has 1 aromatic heterocycles. The van der Waals surface area contributed by atoms with Crippen LogP contribution in [0.3, 0.4) is 0 Å². The summed E-state index contributed by atoms with van der Waals surface area (Å²) >= 11 is 0. The van der Waals surface area contributed by atoms with Gasteiger partial charge in [0.25, 0.3) is 0 Å². The van der Waals surface area contributed by atoms with E-state index in [4.69, 9.17) is 13.0 Å². The van der Waals surface area contributed by atoms with Gasteiger partial charge < -0.3 is 5.11 Å². The molecule has 0 fully saturated rings. The van der Waals surface area contributed by atoms with Crippen LogP contribution in [0.5, 0.6) is 0 Å². The van der Waals surface area contributed by atoms with Crippen molar-refractivity contribution in [1.82, 2.24) is 4.98 Å². The standard InChI is InChI=1S/C7H6BNO2/c1-4-6(7(10)11)2-5(8)3-9-4/h2-3H,1H3,(H,10,11). The lowest BCUT2D eigenvalue weighted by Crippen LogP contribution is -2.10. The number of rotatable bonds is 1. The number of pyridine rings is 1. The van der Waals surface area contributed by atoms with Crippen LogP contribution in [0.15, 0.2) is 12.3 Å². The summed E-state index contributed by atoms with van der Waals surface area (Å²) in [6, 6.07) is 1.39. The molecule has 0 aromatic carbocycles. The molecule has 4 heteroatoms. The minimum Gasteiger partial charge on any atom is -0.478 e. The van der Waals surface area contributed by atoms with Crippen molar-refractivity contribution in [2.45, 2.75) is 6.92 Å². The molecule has 54 valence electrons. The predicted molar refractivity (Wildman–Crippen MR) is 41.3 cm³/mol. The summed E-state index contributed by atoms with van der Waals surface area (Å²) in [5.41, 5.74) is 1.00. The van der Waals surface area contributed by atoms with Gasteiger partial charge >= 0.3 is 5.97 Å². The first kappa shape index (κ1) is 7.79. The zero-order chi connectivity index (χ0) is 8.43. The molecule has 2 radical (unpaired) electrons. The largest absolute Gasteiger partial charge is 0.478 e. The molecule has 0 atom stereocenters. The fourth-order valence-electron chi connectivity index (χ4n) is 0.766. The second kappa shape index (κ2) is 2.74. The fourth-order valence-corrected chi connectivity index (χ4v) is 0.766. The van der Waals surface area contributed by atoms with E-state index in [9.17, 15) is 4.79 Å². The SMILES string of the molecule is [B]c1cnc(C)c(C(=O)O)c1. The van der Waals surface area contributed by atoms with Crippen molar-refractivity contribution in [3.8, 4) is 0 Å². The summed E-state index contributed by atoms with van der Waals surface area (Å²) in [4.78, 5) is 14.3. The molecular weight excluding hydrogens is 141 g/mol. The molecule has 0 aliphatic heterocycles. The second-order valence-electron chi connectivity index (χ2n) is 2.21. The van der Waals surface area contributed by atoms with E-state index in [1.807, 2.05) is 0 Å². The fraction of sp³-hybridized carbons (Fsp3) is 0.143. The Labute approximate surface area is 65.5 Å². The second-order valence-corrected chi connectivity index (χ2v) is 2.21. The number of aromatic carboxylic acids is 1. The molecular formula is C7H6BNO2. The van der Waals surface area contributed by atoms with Gasteiger partial charge in [0.15, 0.2) is 0 Å². The van der Waals surface area contributed by atoms with Crippen molar-refractivity contribution in [2.75, 3.05) is 0 Å². The maximum atomic E-state index is 10.5. The lowest BCUT2D eigenvalue weighted by molar-refractivity contribution is 0.0695. The van der Waals surface area contributed by atoms with Crippen LogP contribution in [0.4, 0.5) is 0 Å². The number of nitrogens with zero attached hydrogens (tertiary/aromatic N) is 1. The Balaban J connectivity index is 3.23. The van der Waals surface area contributed by atoms with Gasteiger partial charge in [-0.3, -0.25) is 4.98 Å². The summed E-state index contributed by atoms with van der Waals surface area (Å²) in [5, 5.41) is 8.59. The molecule has 0 saturated heterocycles. The van der Waals surface area contributed by atoms with Gasteiger partial charge in [-0.2, -0.15) is 0 Å². The zero-order valence-electron chi connectivity index (χ0n) is 6.03. The van der Waals surface area contributed by atoms with Crippen LogP contribution in [-0.2, 0) is 0 Å². The highest BCUT2D eigenvalue weighted by molar-refractivity contribution is 6.32. The molecule has 0 saturated carbocycles. The van der Waals surface area contributed by atoms with Crippen molar-refractivity contribution in [3.63, 3.8) is 0 Å². The number of carbonyl (C=O) groups is 1. The van der Waals surface area contributed by atoms with E-state index in [0.717, 1.165) is 0 Å². The quantitative estimate of drug-likeness (QED) is 0.563. The number of aromatic nitrogens is 1. The van der Waals surface area contributed by atoms with Crippen LogP contribution in [0.2, 0.25) is 0 Å². The minimum atomic E-state index is -0.998. The Morgan fingerprint density at radius 1 is 1.73 bits per heavy atom. The molecule has 11 heavy (non-hydrogen) atoms. The van der Waals surface area contributed by atoms with Gasteiger partial charge in [-0.05, 0) is 6.92 Å². The highest BCUT2D eigenvalue weighted by Crippen LogP contribution is 2.00. The van der Waals surface area contributed by atoms with Gasteiger partial charge in [-0.15, -0.1) is 0 Å². The summed E-state index contributed by atoms with van der Waals surface area (Å²) in [7, 11) is 5.34. The highest BCUT2D eigenvalue weighted by atomic mass is 16.4. The normalized spacial score (nSPS) is 9.55. The number of hydrogen-bond donors (Lipinski definition) is 1. The Morgan fingerprint density at radius 2 is 2.36 bits per heavy atom. The van der Waals surface area contributed by atoms with Crippen molar-refractivity contribution in [2.24, 2.45) is 0 Å². The van der Waals surface area contributed by atoms with Crippen LogP contribution in [0.25, 0.3) is 0 Å². The summed E-state index contributed by atoms with van der Waals surface area (Å²) in [5.74, 6) is -0.998. The minimum absolute atomic E-state index is 0.157. The van der Waals surface area contributed by atoms with Gasteiger partial charge in [-0.1, -0.05) is 11.5 Å². The van der Waals surface area contributed by atoms with Crippen molar-refractivity contribution in [3.05, 3.63) is 23.5 Å². The van der Waals surface area contributed by atoms with E-state index in [0.29, 0.717) is 11.2 Å². The molecule has 0 aliphatic carbocycles. The zero-order valence-corrected chi connectivity index (χ0v) is 6.03. The molecule has 0 bridgehead atoms. The summed E-state index contributed by atoms with van der Waals surface area (Å²) in [6.07, 6.45) is 1.43. The van der Waals surface area contributed by atoms with Gasteiger partial charge in [0.1, 0.15) is 7.85 Å². The first-order chi connectivity index (χ1) is 5.11. The third-order valence-electron chi connectivity index (χ3n) is 1.34. The number of carboxylic acids is 1. The van der Waals surface area contributed by atoms with Crippen LogP contribution in [0, 0.1) is 6.92 Å². The lowest BCUT2D eigenvalue weighted by Gasteiger charge is -1.99. The lowest BCUT2D eigenvalue weighted by atomic mass is 9.96. The predicted octanol–water partition coefficient (Wildman–Crippen LogP) is -0.118. The molecule has 1 N–H and O–H groups in total. The van der Waals surface area contributed by atoms with Crippen molar-refractivity contribution in [1.29, 1.82) is 0 Å². The number of hydrogen-bond acceptors (Lipinski definition) is 2. The molecule has 1 rings (SSSR count). The Morgan fingerprint density at radius 3 is 2.82 bits per heavy atom. The molecule has 1 heterocycles. The summed E-state index contributed by atoms with van der Waals surface area (Å²) < 4.78 is 0. The maximum Gasteiger partial charge on any atom is 0.337 e. The molecule has 1 aromatic rings. The van der Waals surface area contributed by atoms with Gasteiger partial charge in [-0.25, -0.2) is 4.79 Å². The van der Waals surface area contributed by atoms with Gasteiger partial charge in [0, 0.05) is 6.20 Å². The average Bonchev–Trinajstić information content (AvgIpc) is 1.94. The summed E-state index contributed by atoms with van der Waals surface area (Å²) in [6.45, 7) is 1.63. The van der Waals surface area contributed by atoms with E-state index < -0.39 is 5.97 Å². The Bertz CT molecular complexity index is 298. The molecule has 0 aliphatic rings. The maximum absolute atomic E-state index is 10.5. The van der Waals surface area contributed by atoms with Gasteiger partial charge in [0.05, 0.1) is 11.3 Å². The molecule has 3 nitrogen and oxygen atoms in total. The smallest absolute Gasteiger partial charge is 0.337 e. The van der Waals surface area contributed by atoms with Crippen molar-refractivity contribution < 1.29 is 9.90 Å². The highest BCUT2D eigenvalue weighted by Gasteiger charge is 2.06. The topological polar surface area (TPSA) is 50.2 Å². The van der Waals surface area contributed by atoms with E-state index in [1.54, 1.807) is 6.92 Å². The Kier molecular flexibility index (Phi) is 1.94. The first-order valence-corrected chi connectivity index (χ1v) is 3.06. The molecule has 0 spiro atoms. The van der Waals surface area contributed by atoms with Crippen LogP contribution < -0.4 is 5.46 Å². The van der Waals surface area contributed by atoms with Crippen molar-refractivity contribution >= 4 is 19.3 Å². The number of carboxylic acid groups (broad SMARTS) is 1. The third-order valence-corrected chi connectivity index (χ3v) is 1.34. The van der Waals surface area contributed by atoms with Gasteiger partial charge in [0.2, 0.25) is 0 Å². The van der Waals surface area contributed by atoms with Crippen LogP contribution >= 0.6 is 0 Å². The van der Waals surface area contributed by atoms with E-state index in [2.05, 4.69) is 4.98 Å². The van der Waals surface area contributed by atoms with E-state index >= 15 is 0 Å². The molecule has 0 amide bonds. The van der Waals surface area contributed by atoms with Crippen LogP contribution in [-0.4, -0.2) is 23.9 Å². The Hall–Kier alpha value is -1.32. The van der Waals surface area contributed by atoms with E-state index in [1.165, 1.54) is 12.3 Å².